The van der Waals surface area contributed by atoms with E-state index in [-0.39, 0.29) is 17.7 Å². The molecule has 0 amide bonds. The average molecular weight is 410 g/mol. The number of imidazole rings is 1. The number of nitrogens with zero attached hydrogens (tertiary/aromatic N) is 3. The molecule has 1 atom stereocenters. The minimum Gasteiger partial charge on any atom is -0.497 e. The molecule has 0 spiro atoms. The van der Waals surface area contributed by atoms with Crippen molar-refractivity contribution in [1.82, 2.24) is 19.1 Å². The summed E-state index contributed by atoms with van der Waals surface area (Å²) in [5.41, 5.74) is 0.738. The van der Waals surface area contributed by atoms with Crippen molar-refractivity contribution < 1.29 is 8.95 Å². The number of hydrogen-bond donors (Lipinski definition) is 1. The van der Waals surface area contributed by atoms with Crippen molar-refractivity contribution in [2.45, 2.75) is 11.4 Å². The smallest absolute Gasteiger partial charge is 0.337 e. The third kappa shape index (κ3) is 3.40. The van der Waals surface area contributed by atoms with Crippen LogP contribution in [0.4, 0.5) is 0 Å². The number of aromatic amines is 1. The molecule has 8 nitrogen and oxygen atoms in total. The number of H-pyrrole nitrogens is 1. The molecule has 148 valence electrons. The Morgan fingerprint density at radius 2 is 1.90 bits per heavy atom. The highest BCUT2D eigenvalue weighted by Crippen LogP contribution is 2.16. The van der Waals surface area contributed by atoms with Crippen LogP contribution in [0, 0.1) is 0 Å². The SMILES string of the molecule is COc1ccc(Cn2c(=O)c3[nH]cnc3n(-c3cccc([S@](C)=O)c3)c2=O)cc1. The zero-order chi connectivity index (χ0) is 20.5. The molecule has 0 aliphatic carbocycles. The van der Waals surface area contributed by atoms with Crippen LogP contribution in [0.25, 0.3) is 16.9 Å². The number of methoxy groups -OCH3 is 1. The van der Waals surface area contributed by atoms with E-state index >= 15 is 0 Å². The third-order valence-corrected chi connectivity index (χ3v) is 5.54. The van der Waals surface area contributed by atoms with Gasteiger partial charge in [0.05, 0.1) is 25.7 Å². The molecule has 4 aromatic rings. The van der Waals surface area contributed by atoms with Crippen molar-refractivity contribution >= 4 is 22.0 Å². The van der Waals surface area contributed by atoms with Crippen LogP contribution in [0.3, 0.4) is 0 Å². The van der Waals surface area contributed by atoms with Crippen LogP contribution in [0.5, 0.6) is 5.75 Å². The molecule has 2 aromatic heterocycles. The second kappa shape index (κ2) is 7.51. The predicted octanol–water partition coefficient (Wildman–Crippen LogP) is 1.67. The van der Waals surface area contributed by atoms with Gasteiger partial charge in [-0.25, -0.2) is 14.3 Å². The number of ether oxygens (including phenoxy) is 1. The molecule has 0 saturated carbocycles. The molecular formula is C20H18N4O4S. The van der Waals surface area contributed by atoms with Crippen LogP contribution in [0.15, 0.2) is 69.3 Å². The summed E-state index contributed by atoms with van der Waals surface area (Å²) in [6.07, 6.45) is 2.94. The summed E-state index contributed by atoms with van der Waals surface area (Å²) in [6.45, 7) is 0.0933. The summed E-state index contributed by atoms with van der Waals surface area (Å²) < 4.78 is 19.5. The number of rotatable bonds is 5. The van der Waals surface area contributed by atoms with E-state index in [0.717, 1.165) is 10.1 Å². The largest absolute Gasteiger partial charge is 0.497 e. The van der Waals surface area contributed by atoms with Crippen LogP contribution < -0.4 is 16.0 Å². The van der Waals surface area contributed by atoms with Gasteiger partial charge in [0.2, 0.25) is 0 Å². The number of benzene rings is 2. The van der Waals surface area contributed by atoms with Gasteiger partial charge in [0.15, 0.2) is 5.65 Å². The lowest BCUT2D eigenvalue weighted by atomic mass is 10.2. The highest BCUT2D eigenvalue weighted by Gasteiger charge is 2.17. The summed E-state index contributed by atoms with van der Waals surface area (Å²) in [7, 11) is 0.359. The fourth-order valence-corrected chi connectivity index (χ4v) is 3.69. The maximum Gasteiger partial charge on any atom is 0.337 e. The highest BCUT2D eigenvalue weighted by molar-refractivity contribution is 7.84. The lowest BCUT2D eigenvalue weighted by Crippen LogP contribution is -2.39. The Hall–Kier alpha value is -3.46. The van der Waals surface area contributed by atoms with Crippen molar-refractivity contribution in [1.29, 1.82) is 0 Å². The topological polar surface area (TPSA) is 99.0 Å². The predicted molar refractivity (Wildman–Crippen MR) is 110 cm³/mol. The lowest BCUT2D eigenvalue weighted by Gasteiger charge is -2.12. The fraction of sp³-hybridized carbons (Fsp3) is 0.150. The second-order valence-corrected chi connectivity index (χ2v) is 7.79. The zero-order valence-electron chi connectivity index (χ0n) is 15.8. The minimum absolute atomic E-state index is 0.0933. The van der Waals surface area contributed by atoms with Crippen LogP contribution in [-0.4, -0.2) is 36.7 Å². The van der Waals surface area contributed by atoms with E-state index in [0.29, 0.717) is 16.3 Å². The summed E-state index contributed by atoms with van der Waals surface area (Å²) >= 11 is 0. The number of nitrogens with one attached hydrogen (secondary N) is 1. The van der Waals surface area contributed by atoms with E-state index in [1.807, 2.05) is 0 Å². The molecule has 0 bridgehead atoms. The van der Waals surface area contributed by atoms with Crippen LogP contribution in [0.2, 0.25) is 0 Å². The Morgan fingerprint density at radius 3 is 2.59 bits per heavy atom. The summed E-state index contributed by atoms with van der Waals surface area (Å²) in [6, 6.07) is 14.0. The van der Waals surface area contributed by atoms with Crippen LogP contribution in [0.1, 0.15) is 5.56 Å². The van der Waals surface area contributed by atoms with Crippen molar-refractivity contribution in [2.24, 2.45) is 0 Å². The number of hydrogen-bond acceptors (Lipinski definition) is 5. The zero-order valence-corrected chi connectivity index (χ0v) is 16.6. The molecule has 2 aromatic carbocycles. The van der Waals surface area contributed by atoms with E-state index in [1.165, 1.54) is 10.9 Å². The second-order valence-electron chi connectivity index (χ2n) is 6.41. The van der Waals surface area contributed by atoms with E-state index in [1.54, 1.807) is 61.9 Å². The van der Waals surface area contributed by atoms with Gasteiger partial charge in [-0.05, 0) is 35.9 Å². The Morgan fingerprint density at radius 1 is 1.14 bits per heavy atom. The first kappa shape index (κ1) is 18.9. The first-order chi connectivity index (χ1) is 14.0. The van der Waals surface area contributed by atoms with E-state index in [2.05, 4.69) is 9.97 Å². The van der Waals surface area contributed by atoms with E-state index < -0.39 is 22.0 Å². The Labute approximate surface area is 167 Å². The molecular weight excluding hydrogens is 392 g/mol. The molecule has 0 saturated heterocycles. The lowest BCUT2D eigenvalue weighted by molar-refractivity contribution is 0.414. The fourth-order valence-electron chi connectivity index (χ4n) is 3.13. The van der Waals surface area contributed by atoms with Gasteiger partial charge in [-0.1, -0.05) is 18.2 Å². The molecule has 0 unspecified atom stereocenters. The van der Waals surface area contributed by atoms with Gasteiger partial charge in [0.25, 0.3) is 5.56 Å². The van der Waals surface area contributed by atoms with Crippen molar-refractivity contribution in [2.75, 3.05) is 13.4 Å². The quantitative estimate of drug-likeness (QED) is 0.540. The van der Waals surface area contributed by atoms with Crippen LogP contribution >= 0.6 is 0 Å². The Balaban J connectivity index is 1.92. The molecule has 0 fully saturated rings. The molecule has 0 aliphatic rings. The molecule has 0 radical (unpaired) electrons. The van der Waals surface area contributed by atoms with Crippen molar-refractivity contribution in [3.8, 4) is 11.4 Å². The summed E-state index contributed by atoms with van der Waals surface area (Å²) in [4.78, 5) is 33.7. The molecule has 0 aliphatic heterocycles. The van der Waals surface area contributed by atoms with Crippen molar-refractivity contribution in [3.05, 3.63) is 81.3 Å². The van der Waals surface area contributed by atoms with Gasteiger partial charge in [-0.3, -0.25) is 13.6 Å². The Bertz CT molecular complexity index is 1340. The monoisotopic (exact) mass is 410 g/mol. The highest BCUT2D eigenvalue weighted by atomic mass is 32.2. The maximum absolute atomic E-state index is 13.3. The normalized spacial score (nSPS) is 12.2. The molecule has 9 heteroatoms. The van der Waals surface area contributed by atoms with Gasteiger partial charge < -0.3 is 9.72 Å². The first-order valence-electron chi connectivity index (χ1n) is 8.75. The summed E-state index contributed by atoms with van der Waals surface area (Å²) in [5, 5.41) is 0. The Kier molecular flexibility index (Phi) is 4.89. The first-order valence-corrected chi connectivity index (χ1v) is 10.3. The number of fused-ring (bicyclic) bond motifs is 1. The number of aromatic nitrogens is 4. The molecule has 1 N–H and O–H groups in total. The van der Waals surface area contributed by atoms with Gasteiger partial charge in [0, 0.05) is 22.0 Å². The minimum atomic E-state index is -1.21. The van der Waals surface area contributed by atoms with Gasteiger partial charge in [-0.15, -0.1) is 0 Å². The van der Waals surface area contributed by atoms with Crippen LogP contribution in [-0.2, 0) is 17.3 Å². The molecule has 29 heavy (non-hydrogen) atoms. The van der Waals surface area contributed by atoms with Gasteiger partial charge in [-0.2, -0.15) is 0 Å². The maximum atomic E-state index is 13.3. The van der Waals surface area contributed by atoms with Crippen molar-refractivity contribution in [3.63, 3.8) is 0 Å². The molecule has 4 rings (SSSR count). The van der Waals surface area contributed by atoms with E-state index in [9.17, 15) is 13.8 Å². The third-order valence-electron chi connectivity index (χ3n) is 4.62. The van der Waals surface area contributed by atoms with E-state index in [4.69, 9.17) is 4.74 Å². The average Bonchev–Trinajstić information content (AvgIpc) is 3.21. The van der Waals surface area contributed by atoms with Gasteiger partial charge in [0.1, 0.15) is 11.3 Å². The standard InChI is InChI=1S/C20H18N4O4S/c1-28-15-8-6-13(7-9-15)11-23-19(25)17-18(22-12-21-17)24(20(23)26)14-4-3-5-16(10-14)29(2)27/h3-10,12H,11H2,1-2H3,(H,21,22)/t29-/m0/s1. The molecule has 2 heterocycles. The summed E-state index contributed by atoms with van der Waals surface area (Å²) in [5.74, 6) is 0.687. The van der Waals surface area contributed by atoms with Gasteiger partial charge >= 0.3 is 5.69 Å².